The predicted octanol–water partition coefficient (Wildman–Crippen LogP) is 3.97. The van der Waals surface area contributed by atoms with Crippen LogP contribution in [0, 0.1) is 11.8 Å². The van der Waals surface area contributed by atoms with Crippen molar-refractivity contribution in [2.45, 2.75) is 56.4 Å². The predicted molar refractivity (Wildman–Crippen MR) is 168 cm³/mol. The van der Waals surface area contributed by atoms with Crippen LogP contribution in [0.3, 0.4) is 0 Å². The van der Waals surface area contributed by atoms with Crippen LogP contribution >= 0.6 is 0 Å². The number of anilines is 1. The van der Waals surface area contributed by atoms with Gasteiger partial charge in [-0.05, 0) is 62.4 Å². The summed E-state index contributed by atoms with van der Waals surface area (Å²) < 4.78 is 12.2. The molecule has 5 atom stereocenters. The molecule has 3 saturated heterocycles. The highest BCUT2D eigenvalue weighted by Crippen LogP contribution is 2.63. The number of ether oxygens (including phenoxy) is 2. The van der Waals surface area contributed by atoms with Crippen LogP contribution in [0.5, 0.6) is 5.75 Å². The monoisotopic (exact) mass is 601 g/mol. The van der Waals surface area contributed by atoms with Gasteiger partial charge in [0, 0.05) is 38.5 Å². The SMILES string of the molecule is C=CCN(Cc1ccccc1)C(=O)[C@H]1[C@H]2C(=O)N(CCCCO)C(C(=O)N(CC=C)c3ccc(OC)cc3)C23CC[C@]1(C)O3. The Morgan fingerprint density at radius 2 is 1.75 bits per heavy atom. The molecule has 3 aliphatic rings. The van der Waals surface area contributed by atoms with Gasteiger partial charge in [-0.15, -0.1) is 13.2 Å². The minimum absolute atomic E-state index is 0.0185. The number of aliphatic hydroxyl groups is 1. The first-order chi connectivity index (χ1) is 21.2. The summed E-state index contributed by atoms with van der Waals surface area (Å²) in [5, 5.41) is 9.49. The van der Waals surface area contributed by atoms with Crippen molar-refractivity contribution in [1.82, 2.24) is 9.80 Å². The molecule has 9 heteroatoms. The fourth-order valence-corrected chi connectivity index (χ4v) is 7.47. The lowest BCUT2D eigenvalue weighted by Gasteiger charge is -2.37. The lowest BCUT2D eigenvalue weighted by Crippen LogP contribution is -2.56. The summed E-state index contributed by atoms with van der Waals surface area (Å²) in [6.07, 6.45) is 5.40. The molecule has 0 aromatic heterocycles. The fourth-order valence-electron chi connectivity index (χ4n) is 7.47. The largest absolute Gasteiger partial charge is 0.497 e. The molecule has 3 amide bonds. The summed E-state index contributed by atoms with van der Waals surface area (Å²) >= 11 is 0. The number of hydrogen-bond donors (Lipinski definition) is 1. The lowest BCUT2D eigenvalue weighted by molar-refractivity contribution is -0.150. The number of unbranched alkanes of at least 4 members (excludes halogenated alkanes) is 1. The molecule has 0 radical (unpaired) electrons. The number of fused-ring (bicyclic) bond motifs is 1. The Labute approximate surface area is 259 Å². The van der Waals surface area contributed by atoms with E-state index in [-0.39, 0.29) is 37.4 Å². The van der Waals surface area contributed by atoms with Gasteiger partial charge in [-0.3, -0.25) is 14.4 Å². The normalized spacial score (nSPS) is 26.8. The molecule has 2 aromatic rings. The first-order valence-electron chi connectivity index (χ1n) is 15.4. The van der Waals surface area contributed by atoms with Crippen LogP contribution in [0.25, 0.3) is 0 Å². The third-order valence-corrected chi connectivity index (χ3v) is 9.42. The maximum absolute atomic E-state index is 14.7. The van der Waals surface area contributed by atoms with Crippen molar-refractivity contribution < 1.29 is 29.0 Å². The highest BCUT2D eigenvalue weighted by atomic mass is 16.5. The third-order valence-electron chi connectivity index (χ3n) is 9.42. The van der Waals surface area contributed by atoms with Crippen LogP contribution in [-0.2, 0) is 25.7 Å². The minimum Gasteiger partial charge on any atom is -0.497 e. The number of hydrogen-bond acceptors (Lipinski definition) is 6. The van der Waals surface area contributed by atoms with E-state index in [9.17, 15) is 19.5 Å². The third kappa shape index (κ3) is 5.43. The molecule has 9 nitrogen and oxygen atoms in total. The number of methoxy groups -OCH3 is 1. The Balaban J connectivity index is 1.54. The molecule has 3 fully saturated rings. The Morgan fingerprint density at radius 1 is 1.05 bits per heavy atom. The standard InChI is InChI=1S/C35H43N3O6/c1-5-20-36(24-25-12-8-7-9-13-25)31(40)28-29-32(41)38(22-10-11-23-39)30(35(29)19-18-34(28,3)44-35)33(42)37(21-6-2)26-14-16-27(43-4)17-15-26/h5-9,12-17,28-30,39H,1-2,10-11,18-24H2,3-4H3/t28-,29+,30?,34+,35?/m1/s1. The molecular weight excluding hydrogens is 558 g/mol. The Hall–Kier alpha value is -3.95. The van der Waals surface area contributed by atoms with Crippen molar-refractivity contribution >= 4 is 23.4 Å². The highest BCUT2D eigenvalue weighted by Gasteiger charge is 2.78. The average molecular weight is 602 g/mol. The first-order valence-corrected chi connectivity index (χ1v) is 15.4. The summed E-state index contributed by atoms with van der Waals surface area (Å²) in [7, 11) is 1.58. The zero-order valence-corrected chi connectivity index (χ0v) is 25.7. The van der Waals surface area contributed by atoms with E-state index in [0.29, 0.717) is 50.2 Å². The van der Waals surface area contributed by atoms with E-state index >= 15 is 0 Å². The molecule has 1 N–H and O–H groups in total. The van der Waals surface area contributed by atoms with Crippen LogP contribution < -0.4 is 9.64 Å². The summed E-state index contributed by atoms with van der Waals surface area (Å²) in [6.45, 7) is 10.8. The summed E-state index contributed by atoms with van der Waals surface area (Å²) in [4.78, 5) is 48.6. The van der Waals surface area contributed by atoms with Crippen molar-refractivity contribution in [3.63, 3.8) is 0 Å². The number of rotatable bonds is 14. The molecule has 44 heavy (non-hydrogen) atoms. The molecule has 3 heterocycles. The van der Waals surface area contributed by atoms with Crippen molar-refractivity contribution in [1.29, 1.82) is 0 Å². The van der Waals surface area contributed by atoms with Crippen LogP contribution in [0.15, 0.2) is 79.9 Å². The second-order valence-electron chi connectivity index (χ2n) is 12.1. The quantitative estimate of drug-likeness (QED) is 0.260. The maximum Gasteiger partial charge on any atom is 0.253 e. The average Bonchev–Trinajstić information content (AvgIpc) is 3.60. The zero-order chi connectivity index (χ0) is 31.5. The molecule has 5 rings (SSSR count). The molecule has 234 valence electrons. The second kappa shape index (κ2) is 13.0. The Kier molecular flexibility index (Phi) is 9.27. The van der Waals surface area contributed by atoms with Gasteiger partial charge in [-0.2, -0.15) is 0 Å². The van der Waals surface area contributed by atoms with E-state index in [0.717, 1.165) is 5.56 Å². The van der Waals surface area contributed by atoms with Gasteiger partial charge >= 0.3 is 0 Å². The van der Waals surface area contributed by atoms with Crippen molar-refractivity contribution in [3.05, 3.63) is 85.5 Å². The summed E-state index contributed by atoms with van der Waals surface area (Å²) in [6, 6.07) is 16.0. The van der Waals surface area contributed by atoms with Gasteiger partial charge in [-0.1, -0.05) is 42.5 Å². The molecule has 2 bridgehead atoms. The Bertz CT molecular complexity index is 1380. The van der Waals surface area contributed by atoms with E-state index in [4.69, 9.17) is 9.47 Å². The van der Waals surface area contributed by atoms with E-state index < -0.39 is 29.1 Å². The van der Waals surface area contributed by atoms with Gasteiger partial charge in [-0.25, -0.2) is 0 Å². The number of aliphatic hydroxyl groups excluding tert-OH is 1. The number of likely N-dealkylation sites (tertiary alicyclic amines) is 1. The van der Waals surface area contributed by atoms with Crippen molar-refractivity contribution in [2.24, 2.45) is 11.8 Å². The van der Waals surface area contributed by atoms with E-state index in [1.807, 2.05) is 37.3 Å². The number of nitrogens with zero attached hydrogens (tertiary/aromatic N) is 3. The lowest BCUT2D eigenvalue weighted by atomic mass is 9.66. The summed E-state index contributed by atoms with van der Waals surface area (Å²) in [5.74, 6) is -1.58. The van der Waals surface area contributed by atoms with Crippen molar-refractivity contribution in [3.8, 4) is 5.75 Å². The van der Waals surface area contributed by atoms with Gasteiger partial charge in [0.2, 0.25) is 11.8 Å². The smallest absolute Gasteiger partial charge is 0.253 e. The molecule has 2 aromatic carbocycles. The molecule has 2 unspecified atom stereocenters. The molecular formula is C35H43N3O6. The first kappa shape index (κ1) is 31.5. The fraction of sp³-hybridized carbons (Fsp3) is 0.457. The van der Waals surface area contributed by atoms with Crippen molar-refractivity contribution in [2.75, 3.05) is 38.3 Å². The number of carbonyl (C=O) groups is 3. The van der Waals surface area contributed by atoms with Gasteiger partial charge in [0.05, 0.1) is 24.5 Å². The molecule has 0 saturated carbocycles. The van der Waals surface area contributed by atoms with Gasteiger partial charge in [0.1, 0.15) is 17.4 Å². The van der Waals surface area contributed by atoms with Crippen LogP contribution in [0.4, 0.5) is 5.69 Å². The van der Waals surface area contributed by atoms with Gasteiger partial charge in [0.15, 0.2) is 0 Å². The minimum atomic E-state index is -1.15. The van der Waals surface area contributed by atoms with Crippen LogP contribution in [0.2, 0.25) is 0 Å². The number of benzene rings is 2. The van der Waals surface area contributed by atoms with Gasteiger partial charge in [0.25, 0.3) is 5.91 Å². The van der Waals surface area contributed by atoms with E-state index in [2.05, 4.69) is 13.2 Å². The van der Waals surface area contributed by atoms with E-state index in [1.165, 1.54) is 0 Å². The molecule has 0 aliphatic carbocycles. The number of carbonyl (C=O) groups excluding carboxylic acids is 3. The van der Waals surface area contributed by atoms with Crippen LogP contribution in [0.1, 0.15) is 38.2 Å². The van der Waals surface area contributed by atoms with Gasteiger partial charge < -0.3 is 29.3 Å². The maximum atomic E-state index is 14.7. The molecule has 3 aliphatic heterocycles. The highest BCUT2D eigenvalue weighted by molar-refractivity contribution is 6.05. The van der Waals surface area contributed by atoms with E-state index in [1.54, 1.807) is 58.2 Å². The van der Waals surface area contributed by atoms with Crippen LogP contribution in [-0.4, -0.2) is 83.2 Å². The molecule has 1 spiro atoms. The Morgan fingerprint density at radius 3 is 2.39 bits per heavy atom. The zero-order valence-electron chi connectivity index (χ0n) is 25.7. The topological polar surface area (TPSA) is 99.6 Å². The summed E-state index contributed by atoms with van der Waals surface area (Å²) in [5.41, 5.74) is -0.430. The number of amides is 3. The second-order valence-corrected chi connectivity index (χ2v) is 12.1.